The van der Waals surface area contributed by atoms with Crippen LogP contribution in [0.3, 0.4) is 0 Å². The number of para-hydroxylation sites is 1. The summed E-state index contributed by atoms with van der Waals surface area (Å²) in [4.78, 5) is 0.304. The Morgan fingerprint density at radius 2 is 1.52 bits per heavy atom. The van der Waals surface area contributed by atoms with Gasteiger partial charge in [0.25, 0.3) is 9.84 Å². The summed E-state index contributed by atoms with van der Waals surface area (Å²) in [6.45, 7) is 3.83. The minimum absolute atomic E-state index is 0.271. The van der Waals surface area contributed by atoms with Crippen molar-refractivity contribution in [2.75, 3.05) is 0 Å². The van der Waals surface area contributed by atoms with E-state index in [1.54, 1.807) is 22.9 Å². The standard InChI is InChI=1S/C18H19N2O2S/c1-14-9-11-17(12-10-14)23(21,22)18-13-15(2)19(3)20(18)16-7-5-4-6-8-16/h4-13H,1-3H3/q+1. The molecule has 0 N–H and O–H groups in total. The van der Waals surface area contributed by atoms with Crippen LogP contribution in [0, 0.1) is 13.8 Å². The molecule has 3 aromatic rings. The second-order valence-corrected chi connectivity index (χ2v) is 7.51. The van der Waals surface area contributed by atoms with Gasteiger partial charge in [0.15, 0.2) is 0 Å². The summed E-state index contributed by atoms with van der Waals surface area (Å²) in [5.41, 5.74) is 2.72. The maximum absolute atomic E-state index is 13.1. The average molecular weight is 327 g/mol. The zero-order chi connectivity index (χ0) is 16.6. The largest absolute Gasteiger partial charge is 0.333 e. The molecule has 118 valence electrons. The van der Waals surface area contributed by atoms with Crippen molar-refractivity contribution in [1.82, 2.24) is 4.68 Å². The molecule has 23 heavy (non-hydrogen) atoms. The first-order chi connectivity index (χ1) is 10.9. The monoisotopic (exact) mass is 327 g/mol. The van der Waals surface area contributed by atoms with Crippen LogP contribution < -0.4 is 4.68 Å². The van der Waals surface area contributed by atoms with Crippen molar-refractivity contribution >= 4 is 9.84 Å². The summed E-state index contributed by atoms with van der Waals surface area (Å²) in [6, 6.07) is 18.1. The highest BCUT2D eigenvalue weighted by molar-refractivity contribution is 7.91. The number of aryl methyl sites for hydroxylation is 2. The summed E-state index contributed by atoms with van der Waals surface area (Å²) in [6.07, 6.45) is 0. The number of hydrogen-bond donors (Lipinski definition) is 0. The van der Waals surface area contributed by atoms with Crippen LogP contribution in [-0.2, 0) is 16.9 Å². The van der Waals surface area contributed by atoms with E-state index in [1.807, 2.05) is 68.0 Å². The molecule has 3 rings (SSSR count). The van der Waals surface area contributed by atoms with E-state index in [-0.39, 0.29) is 5.03 Å². The smallest absolute Gasteiger partial charge is 0.212 e. The van der Waals surface area contributed by atoms with Crippen molar-refractivity contribution < 1.29 is 13.1 Å². The zero-order valence-electron chi connectivity index (χ0n) is 13.4. The number of nitrogens with zero attached hydrogens (tertiary/aromatic N) is 2. The molecule has 1 heterocycles. The van der Waals surface area contributed by atoms with Gasteiger partial charge in [0.05, 0.1) is 23.7 Å². The highest BCUT2D eigenvalue weighted by atomic mass is 32.2. The lowest BCUT2D eigenvalue weighted by molar-refractivity contribution is -0.718. The minimum Gasteiger partial charge on any atom is -0.212 e. The normalized spacial score (nSPS) is 11.6. The molecule has 0 fully saturated rings. The Morgan fingerprint density at radius 1 is 0.913 bits per heavy atom. The maximum Gasteiger partial charge on any atom is 0.333 e. The van der Waals surface area contributed by atoms with Gasteiger partial charge in [-0.25, -0.2) is 8.42 Å². The van der Waals surface area contributed by atoms with E-state index in [4.69, 9.17) is 0 Å². The van der Waals surface area contributed by atoms with Gasteiger partial charge in [0.1, 0.15) is 0 Å². The quantitative estimate of drug-likeness (QED) is 0.694. The maximum atomic E-state index is 13.1. The van der Waals surface area contributed by atoms with Crippen LogP contribution in [0.15, 0.2) is 70.6 Å². The van der Waals surface area contributed by atoms with Gasteiger partial charge in [-0.2, -0.15) is 4.68 Å². The van der Waals surface area contributed by atoms with Crippen LogP contribution in [0.2, 0.25) is 0 Å². The van der Waals surface area contributed by atoms with E-state index in [9.17, 15) is 8.42 Å². The molecule has 0 amide bonds. The molecule has 0 aliphatic heterocycles. The molecular weight excluding hydrogens is 308 g/mol. The fourth-order valence-corrected chi connectivity index (χ4v) is 4.06. The first kappa shape index (κ1) is 15.5. The first-order valence-corrected chi connectivity index (χ1v) is 8.85. The third kappa shape index (κ3) is 2.68. The van der Waals surface area contributed by atoms with E-state index in [1.165, 1.54) is 0 Å². The molecular formula is C18H19N2O2S+. The number of aromatic nitrogens is 2. The Hall–Kier alpha value is -2.40. The second-order valence-electron chi connectivity index (χ2n) is 5.61. The van der Waals surface area contributed by atoms with Gasteiger partial charge < -0.3 is 0 Å². The number of rotatable bonds is 3. The predicted octanol–water partition coefficient (Wildman–Crippen LogP) is 2.75. The van der Waals surface area contributed by atoms with Crippen molar-refractivity contribution in [3.8, 4) is 5.69 Å². The van der Waals surface area contributed by atoms with Gasteiger partial charge in [-0.1, -0.05) is 40.6 Å². The summed E-state index contributed by atoms with van der Waals surface area (Å²) in [5.74, 6) is 0. The Labute approximate surface area is 136 Å². The molecule has 0 saturated heterocycles. The molecule has 1 aromatic heterocycles. The Bertz CT molecular complexity index is 941. The predicted molar refractivity (Wildman–Crippen MR) is 88.3 cm³/mol. The van der Waals surface area contributed by atoms with Gasteiger partial charge in [-0.05, 0) is 26.0 Å². The van der Waals surface area contributed by atoms with E-state index in [0.29, 0.717) is 4.90 Å². The fraction of sp³-hybridized carbons (Fsp3) is 0.167. The van der Waals surface area contributed by atoms with Crippen LogP contribution in [0.1, 0.15) is 11.3 Å². The van der Waals surface area contributed by atoms with Crippen LogP contribution in [0.4, 0.5) is 0 Å². The van der Waals surface area contributed by atoms with E-state index in [0.717, 1.165) is 16.9 Å². The SMILES string of the molecule is Cc1ccc(S(=O)(=O)c2cc(C)n(C)[n+]2-c2ccccc2)cc1. The molecule has 2 aromatic carbocycles. The topological polar surface area (TPSA) is 43.0 Å². The molecule has 0 aliphatic rings. The van der Waals surface area contributed by atoms with E-state index in [2.05, 4.69) is 0 Å². The number of sulfone groups is 1. The highest BCUT2D eigenvalue weighted by Gasteiger charge is 2.33. The lowest BCUT2D eigenvalue weighted by Crippen LogP contribution is -2.43. The average Bonchev–Trinajstić information content (AvgIpc) is 2.85. The molecule has 0 bridgehead atoms. The molecule has 0 aliphatic carbocycles. The third-order valence-electron chi connectivity index (χ3n) is 3.96. The molecule has 0 radical (unpaired) electrons. The van der Waals surface area contributed by atoms with E-state index >= 15 is 0 Å². The highest BCUT2D eigenvalue weighted by Crippen LogP contribution is 2.21. The first-order valence-electron chi connectivity index (χ1n) is 7.37. The summed E-state index contributed by atoms with van der Waals surface area (Å²) in [7, 11) is -1.74. The summed E-state index contributed by atoms with van der Waals surface area (Å²) < 4.78 is 29.7. The van der Waals surface area contributed by atoms with Crippen molar-refractivity contribution in [3.63, 3.8) is 0 Å². The van der Waals surface area contributed by atoms with Crippen LogP contribution >= 0.6 is 0 Å². The van der Waals surface area contributed by atoms with E-state index < -0.39 is 9.84 Å². The van der Waals surface area contributed by atoms with Gasteiger partial charge in [0.2, 0.25) is 5.69 Å². The number of hydrogen-bond acceptors (Lipinski definition) is 2. The molecule has 0 saturated carbocycles. The number of benzene rings is 2. The fourth-order valence-electron chi connectivity index (χ4n) is 2.54. The minimum atomic E-state index is -3.59. The lowest BCUT2D eigenvalue weighted by Gasteiger charge is -2.03. The van der Waals surface area contributed by atoms with Crippen molar-refractivity contribution in [2.45, 2.75) is 23.8 Å². The molecule has 0 atom stereocenters. The van der Waals surface area contributed by atoms with Crippen LogP contribution in [0.5, 0.6) is 0 Å². The molecule has 0 spiro atoms. The van der Waals surface area contributed by atoms with Crippen molar-refractivity contribution in [3.05, 3.63) is 71.9 Å². The molecule has 5 heteroatoms. The summed E-state index contributed by atoms with van der Waals surface area (Å²) in [5, 5.41) is 0.271. The summed E-state index contributed by atoms with van der Waals surface area (Å²) >= 11 is 0. The third-order valence-corrected chi connectivity index (χ3v) is 5.69. The molecule has 4 nitrogen and oxygen atoms in total. The second kappa shape index (κ2) is 5.66. The Kier molecular flexibility index (Phi) is 3.82. The van der Waals surface area contributed by atoms with Gasteiger partial charge in [0, 0.05) is 12.1 Å². The van der Waals surface area contributed by atoms with Crippen LogP contribution in [-0.4, -0.2) is 13.1 Å². The van der Waals surface area contributed by atoms with Crippen LogP contribution in [0.25, 0.3) is 5.69 Å². The van der Waals surface area contributed by atoms with Gasteiger partial charge in [-0.15, -0.1) is 0 Å². The molecule has 0 unspecified atom stereocenters. The zero-order valence-corrected chi connectivity index (χ0v) is 14.2. The van der Waals surface area contributed by atoms with Gasteiger partial charge >= 0.3 is 5.03 Å². The Balaban J connectivity index is 2.25. The Morgan fingerprint density at radius 3 is 2.13 bits per heavy atom. The lowest BCUT2D eigenvalue weighted by atomic mass is 10.2. The van der Waals surface area contributed by atoms with Crippen molar-refractivity contribution in [2.24, 2.45) is 7.05 Å². The van der Waals surface area contributed by atoms with Gasteiger partial charge in [-0.3, -0.25) is 0 Å². The van der Waals surface area contributed by atoms with Crippen molar-refractivity contribution in [1.29, 1.82) is 0 Å².